The molecule has 0 spiro atoms. The molecule has 2 unspecified atom stereocenters. The monoisotopic (exact) mass is 491 g/mol. The Morgan fingerprint density at radius 1 is 1.03 bits per heavy atom. The number of nitrogens with one attached hydrogen (secondary N) is 1. The Morgan fingerprint density at radius 2 is 1.81 bits per heavy atom. The first-order valence-electron chi connectivity index (χ1n) is 12.2. The molecule has 1 N–H and O–H groups in total. The van der Waals surface area contributed by atoms with Crippen molar-refractivity contribution in [2.24, 2.45) is 0 Å². The summed E-state index contributed by atoms with van der Waals surface area (Å²) in [7, 11) is 3.16. The Bertz CT molecular complexity index is 1180. The zero-order chi connectivity index (χ0) is 25.7. The maximum absolute atomic E-state index is 13.8. The number of allylic oxidation sites excluding steroid dienone is 3. The number of methoxy groups -OCH3 is 2. The van der Waals surface area contributed by atoms with Crippen molar-refractivity contribution in [3.05, 3.63) is 82.2 Å². The van der Waals surface area contributed by atoms with Crippen molar-refractivity contribution in [1.29, 1.82) is 0 Å². The molecule has 7 nitrogen and oxygen atoms in total. The van der Waals surface area contributed by atoms with Crippen molar-refractivity contribution in [3.8, 4) is 11.5 Å². The van der Waals surface area contributed by atoms with Crippen LogP contribution in [0.15, 0.2) is 71.1 Å². The molecule has 190 valence electrons. The second kappa shape index (κ2) is 11.4. The number of ether oxygens (including phenoxy) is 4. The second-order valence-corrected chi connectivity index (χ2v) is 8.87. The topological polar surface area (TPSA) is 83.1 Å². The molecule has 0 fully saturated rings. The van der Waals surface area contributed by atoms with Crippen LogP contribution in [0.4, 0.5) is 0 Å². The van der Waals surface area contributed by atoms with Gasteiger partial charge in [0.05, 0.1) is 32.3 Å². The maximum atomic E-state index is 13.8. The van der Waals surface area contributed by atoms with Gasteiger partial charge in [-0.3, -0.25) is 4.79 Å². The summed E-state index contributed by atoms with van der Waals surface area (Å²) < 4.78 is 22.0. The molecule has 4 rings (SSSR count). The zero-order valence-electron chi connectivity index (χ0n) is 21.3. The predicted molar refractivity (Wildman–Crippen MR) is 136 cm³/mol. The summed E-state index contributed by atoms with van der Waals surface area (Å²) in [6.45, 7) is 4.70. The standard InChI is InChI=1S/C29H33NO6/c1-5-35-13-14-36-29(32)26-18(2)30-23-15-20(19-9-7-6-8-10-19)16-24(31)28(23)27(26)22-17-21(33-3)11-12-25(22)34-4/h6-12,17,20,27,30H,5,13-16H2,1-4H3. The summed E-state index contributed by atoms with van der Waals surface area (Å²) in [6.07, 6.45) is 1.02. The van der Waals surface area contributed by atoms with Gasteiger partial charge in [-0.2, -0.15) is 0 Å². The van der Waals surface area contributed by atoms with E-state index in [9.17, 15) is 9.59 Å². The average molecular weight is 492 g/mol. The van der Waals surface area contributed by atoms with Gasteiger partial charge in [-0.15, -0.1) is 0 Å². The number of benzene rings is 2. The number of hydrogen-bond donors (Lipinski definition) is 1. The molecule has 0 aromatic heterocycles. The van der Waals surface area contributed by atoms with Gasteiger partial charge in [-0.05, 0) is 49.9 Å². The largest absolute Gasteiger partial charge is 0.497 e. The van der Waals surface area contributed by atoms with E-state index >= 15 is 0 Å². The minimum atomic E-state index is -0.643. The molecule has 7 heteroatoms. The van der Waals surface area contributed by atoms with Crippen molar-refractivity contribution >= 4 is 11.8 Å². The van der Waals surface area contributed by atoms with Gasteiger partial charge in [0, 0.05) is 35.6 Å². The van der Waals surface area contributed by atoms with Crippen molar-refractivity contribution < 1.29 is 28.5 Å². The predicted octanol–water partition coefficient (Wildman–Crippen LogP) is 4.65. The van der Waals surface area contributed by atoms with E-state index in [1.54, 1.807) is 26.4 Å². The fraction of sp³-hybridized carbons (Fsp3) is 0.379. The lowest BCUT2D eigenvalue weighted by atomic mass is 9.71. The Morgan fingerprint density at radius 3 is 2.50 bits per heavy atom. The second-order valence-electron chi connectivity index (χ2n) is 8.87. The lowest BCUT2D eigenvalue weighted by Gasteiger charge is -2.37. The first-order chi connectivity index (χ1) is 17.5. The highest BCUT2D eigenvalue weighted by Gasteiger charge is 2.42. The molecule has 1 heterocycles. The SMILES string of the molecule is CCOCCOC(=O)C1=C(C)NC2=C(C(=O)CC(c3ccccc3)C2)C1c1cc(OC)ccc1OC. The lowest BCUT2D eigenvalue weighted by Crippen LogP contribution is -2.36. The molecule has 0 bridgehead atoms. The highest BCUT2D eigenvalue weighted by molar-refractivity contribution is 6.04. The van der Waals surface area contributed by atoms with Crippen LogP contribution >= 0.6 is 0 Å². The first-order valence-corrected chi connectivity index (χ1v) is 12.2. The van der Waals surface area contributed by atoms with Crippen molar-refractivity contribution in [2.75, 3.05) is 34.0 Å². The molecule has 2 aromatic rings. The van der Waals surface area contributed by atoms with Crippen LogP contribution in [0.5, 0.6) is 11.5 Å². The van der Waals surface area contributed by atoms with E-state index < -0.39 is 11.9 Å². The van der Waals surface area contributed by atoms with Gasteiger partial charge >= 0.3 is 5.97 Å². The van der Waals surface area contributed by atoms with Crippen LogP contribution in [0.2, 0.25) is 0 Å². The summed E-state index contributed by atoms with van der Waals surface area (Å²) in [5.41, 5.74) is 4.27. The molecule has 1 aliphatic carbocycles. The van der Waals surface area contributed by atoms with Crippen molar-refractivity contribution in [3.63, 3.8) is 0 Å². The van der Waals surface area contributed by atoms with Crippen LogP contribution in [0.25, 0.3) is 0 Å². The van der Waals surface area contributed by atoms with Gasteiger partial charge in [0.15, 0.2) is 5.78 Å². The Labute approximate surface area is 212 Å². The van der Waals surface area contributed by atoms with Gasteiger partial charge < -0.3 is 24.3 Å². The third-order valence-corrected chi connectivity index (χ3v) is 6.73. The third kappa shape index (κ3) is 5.16. The number of Topliss-reactive ketones (excluding diaryl/α,β-unsaturated/α-hetero) is 1. The zero-order valence-corrected chi connectivity index (χ0v) is 21.3. The van der Waals surface area contributed by atoms with Crippen LogP contribution in [0.3, 0.4) is 0 Å². The highest BCUT2D eigenvalue weighted by Crippen LogP contribution is 2.48. The fourth-order valence-corrected chi connectivity index (χ4v) is 5.06. The number of rotatable bonds is 9. The minimum Gasteiger partial charge on any atom is -0.497 e. The number of dihydropyridines is 1. The highest BCUT2D eigenvalue weighted by atomic mass is 16.6. The Kier molecular flexibility index (Phi) is 8.10. The van der Waals surface area contributed by atoms with Crippen LogP contribution in [-0.2, 0) is 19.1 Å². The third-order valence-electron chi connectivity index (χ3n) is 6.73. The molecule has 0 radical (unpaired) electrons. The molecule has 0 saturated carbocycles. The first kappa shape index (κ1) is 25.5. The van der Waals surface area contributed by atoms with Crippen molar-refractivity contribution in [1.82, 2.24) is 5.32 Å². The van der Waals surface area contributed by atoms with Gasteiger partial charge in [0.25, 0.3) is 0 Å². The normalized spacial score (nSPS) is 19.5. The summed E-state index contributed by atoms with van der Waals surface area (Å²) in [5, 5.41) is 3.38. The van der Waals surface area contributed by atoms with E-state index in [-0.39, 0.29) is 18.3 Å². The molecule has 2 aliphatic rings. The fourth-order valence-electron chi connectivity index (χ4n) is 5.06. The van der Waals surface area contributed by atoms with Crippen LogP contribution in [-0.4, -0.2) is 45.8 Å². The van der Waals surface area contributed by atoms with E-state index in [0.29, 0.717) is 60.0 Å². The quantitative estimate of drug-likeness (QED) is 0.404. The number of carbonyl (C=O) groups is 2. The number of esters is 1. The smallest absolute Gasteiger partial charge is 0.336 e. The summed E-state index contributed by atoms with van der Waals surface area (Å²) in [6, 6.07) is 15.5. The molecule has 1 aliphatic heterocycles. The number of ketones is 1. The van der Waals surface area contributed by atoms with Crippen LogP contribution < -0.4 is 14.8 Å². The maximum Gasteiger partial charge on any atom is 0.336 e. The van der Waals surface area contributed by atoms with E-state index in [1.165, 1.54) is 0 Å². The molecule has 0 amide bonds. The molecule has 36 heavy (non-hydrogen) atoms. The van der Waals surface area contributed by atoms with Crippen LogP contribution in [0, 0.1) is 0 Å². The van der Waals surface area contributed by atoms with Gasteiger partial charge in [-0.25, -0.2) is 4.79 Å². The van der Waals surface area contributed by atoms with Crippen LogP contribution in [0.1, 0.15) is 49.7 Å². The average Bonchev–Trinajstić information content (AvgIpc) is 2.90. The molecule has 2 aromatic carbocycles. The minimum absolute atomic E-state index is 0.000377. The van der Waals surface area contributed by atoms with Gasteiger partial charge in [-0.1, -0.05) is 30.3 Å². The van der Waals surface area contributed by atoms with Crippen molar-refractivity contribution in [2.45, 2.75) is 38.5 Å². The van der Waals surface area contributed by atoms with Gasteiger partial charge in [0.2, 0.25) is 0 Å². The molecule has 2 atom stereocenters. The molecular formula is C29H33NO6. The number of hydrogen-bond acceptors (Lipinski definition) is 7. The summed E-state index contributed by atoms with van der Waals surface area (Å²) in [5.74, 6) is 0.109. The van der Waals surface area contributed by atoms with E-state index in [4.69, 9.17) is 18.9 Å². The van der Waals surface area contributed by atoms with E-state index in [2.05, 4.69) is 17.4 Å². The Balaban J connectivity index is 1.79. The molecular weight excluding hydrogens is 458 g/mol. The molecule has 0 saturated heterocycles. The van der Waals surface area contributed by atoms with E-state index in [0.717, 1.165) is 11.3 Å². The summed E-state index contributed by atoms with van der Waals surface area (Å²) >= 11 is 0. The Hall–Kier alpha value is -3.58. The van der Waals surface area contributed by atoms with Gasteiger partial charge in [0.1, 0.15) is 18.1 Å². The number of carbonyl (C=O) groups excluding carboxylic acids is 2. The van der Waals surface area contributed by atoms with E-state index in [1.807, 2.05) is 38.1 Å². The summed E-state index contributed by atoms with van der Waals surface area (Å²) in [4.78, 5) is 27.2. The lowest BCUT2D eigenvalue weighted by molar-refractivity contribution is -0.140.